The molecule has 4 bridgehead atoms. The molecule has 0 radical (unpaired) electrons. The molecule has 0 spiro atoms. The van der Waals surface area contributed by atoms with Gasteiger partial charge in [-0.2, -0.15) is 18.4 Å². The van der Waals surface area contributed by atoms with Gasteiger partial charge in [0.15, 0.2) is 5.49 Å². The van der Waals surface area contributed by atoms with Gasteiger partial charge in [0.05, 0.1) is 23.8 Å². The van der Waals surface area contributed by atoms with Gasteiger partial charge in [0.1, 0.15) is 11.7 Å². The summed E-state index contributed by atoms with van der Waals surface area (Å²) in [6.45, 7) is 0.467. The first-order valence-corrected chi connectivity index (χ1v) is 10.7. The molecule has 6 aliphatic rings. The first-order valence-electron chi connectivity index (χ1n) is 10.7. The summed E-state index contributed by atoms with van der Waals surface area (Å²) in [7, 11) is 0. The van der Waals surface area contributed by atoms with Crippen molar-refractivity contribution in [1.82, 2.24) is 9.66 Å². The number of nitrogens with zero attached hydrogens (tertiary/aromatic N) is 4. The molecule has 2 heterocycles. The average molecular weight is 413 g/mol. The lowest BCUT2D eigenvalue weighted by molar-refractivity contribution is -0.0939. The number of hydrogen-bond donors (Lipinski definition) is 1. The van der Waals surface area contributed by atoms with Crippen LogP contribution in [0.1, 0.15) is 56.0 Å². The van der Waals surface area contributed by atoms with E-state index in [1.165, 1.54) is 18.9 Å². The standard InChI is InChI=1S/C22H22F3N5/c23-22(24,25)16-3-1-12(2-4-16)18-7-19(30-20(28-18)15(10-26)11-27-30)29-21-8-13-5-17(21)6-14(13)9-21/h1,3,7,13-15,17,27H,2,4-6,8-9,11H2. The molecule has 4 saturated carbocycles. The van der Waals surface area contributed by atoms with Crippen LogP contribution in [0.25, 0.3) is 5.57 Å². The molecular weight excluding hydrogens is 391 g/mol. The highest BCUT2D eigenvalue weighted by atomic mass is 19.4. The number of rotatable bonds is 2. The van der Waals surface area contributed by atoms with E-state index in [1.54, 1.807) is 0 Å². The second kappa shape index (κ2) is 5.99. The van der Waals surface area contributed by atoms with Crippen LogP contribution in [0, 0.1) is 29.1 Å². The second-order valence-electron chi connectivity index (χ2n) is 9.43. The molecule has 30 heavy (non-hydrogen) atoms. The van der Waals surface area contributed by atoms with Crippen LogP contribution in [0.15, 0.2) is 28.8 Å². The molecule has 7 rings (SSSR count). The molecule has 4 fully saturated rings. The second-order valence-corrected chi connectivity index (χ2v) is 9.43. The predicted molar refractivity (Wildman–Crippen MR) is 103 cm³/mol. The van der Waals surface area contributed by atoms with Crippen molar-refractivity contribution < 1.29 is 13.2 Å². The van der Waals surface area contributed by atoms with Crippen molar-refractivity contribution in [1.29, 1.82) is 5.26 Å². The Hall–Kier alpha value is -2.56. The summed E-state index contributed by atoms with van der Waals surface area (Å²) in [4.78, 5) is 9.93. The first kappa shape index (κ1) is 18.2. The Kier molecular flexibility index (Phi) is 3.64. The van der Waals surface area contributed by atoms with Gasteiger partial charge >= 0.3 is 6.18 Å². The summed E-state index contributed by atoms with van der Waals surface area (Å²) in [5.41, 5.74) is 4.89. The van der Waals surface area contributed by atoms with E-state index in [4.69, 9.17) is 4.99 Å². The molecule has 1 aromatic rings. The molecule has 0 saturated heterocycles. The van der Waals surface area contributed by atoms with E-state index in [-0.39, 0.29) is 18.4 Å². The Labute approximate surface area is 172 Å². The van der Waals surface area contributed by atoms with Crippen LogP contribution in [-0.4, -0.2) is 27.9 Å². The Morgan fingerprint density at radius 1 is 1.20 bits per heavy atom. The number of allylic oxidation sites excluding steroid dienone is 4. The summed E-state index contributed by atoms with van der Waals surface area (Å²) in [6.07, 6.45) is 3.43. The summed E-state index contributed by atoms with van der Waals surface area (Å²) in [6, 6.07) is 4.17. The molecule has 0 aromatic carbocycles. The molecule has 1 N–H and O–H groups in total. The highest BCUT2D eigenvalue weighted by molar-refractivity contribution is 5.66. The van der Waals surface area contributed by atoms with Gasteiger partial charge < -0.3 is 5.43 Å². The van der Waals surface area contributed by atoms with Crippen LogP contribution < -0.4 is 10.9 Å². The lowest BCUT2D eigenvalue weighted by Crippen LogP contribution is -2.35. The van der Waals surface area contributed by atoms with E-state index in [1.807, 2.05) is 10.7 Å². The van der Waals surface area contributed by atoms with Crippen LogP contribution in [0.2, 0.25) is 0 Å². The number of hydrogen-bond acceptors (Lipinski definition) is 4. The molecule has 1 aromatic heterocycles. The third kappa shape index (κ3) is 2.53. The van der Waals surface area contributed by atoms with Gasteiger partial charge in [-0.05, 0) is 61.9 Å². The zero-order valence-electron chi connectivity index (χ0n) is 16.4. The van der Waals surface area contributed by atoms with E-state index < -0.39 is 17.7 Å². The van der Waals surface area contributed by atoms with Crippen LogP contribution in [0.4, 0.5) is 13.2 Å². The first-order chi connectivity index (χ1) is 14.4. The topological polar surface area (TPSA) is 66.0 Å². The van der Waals surface area contributed by atoms with Crippen LogP contribution in [-0.2, 0) is 0 Å². The van der Waals surface area contributed by atoms with Crippen molar-refractivity contribution in [2.45, 2.75) is 56.2 Å². The van der Waals surface area contributed by atoms with E-state index >= 15 is 0 Å². The summed E-state index contributed by atoms with van der Waals surface area (Å²) in [5.74, 6) is 2.45. The third-order valence-electron chi connectivity index (χ3n) is 7.89. The van der Waals surface area contributed by atoms with Crippen molar-refractivity contribution in [3.05, 3.63) is 40.8 Å². The Balaban J connectivity index is 1.47. The van der Waals surface area contributed by atoms with Crippen LogP contribution in [0.3, 0.4) is 0 Å². The Bertz CT molecular complexity index is 1090. The smallest absolute Gasteiger partial charge is 0.321 e. The fourth-order valence-corrected chi connectivity index (χ4v) is 6.50. The minimum atomic E-state index is -4.29. The number of nitrogens with one attached hydrogen (secondary N) is 1. The SMILES string of the molecule is N#CC1CNn2c1nc(C1=CC=C(C(F)(F)F)CC1)cc2=NC12CC3CC1CC3C2. The maximum absolute atomic E-state index is 13.0. The summed E-state index contributed by atoms with van der Waals surface area (Å²) in [5, 5.41) is 9.54. The summed E-state index contributed by atoms with van der Waals surface area (Å²) >= 11 is 0. The van der Waals surface area contributed by atoms with Gasteiger partial charge in [0.25, 0.3) is 0 Å². The Morgan fingerprint density at radius 3 is 2.53 bits per heavy atom. The molecular formula is C22H22F3N5. The van der Waals surface area contributed by atoms with Gasteiger partial charge in [0.2, 0.25) is 0 Å². The molecule has 3 unspecified atom stereocenters. The highest BCUT2D eigenvalue weighted by Crippen LogP contribution is 2.66. The lowest BCUT2D eigenvalue weighted by Gasteiger charge is -2.24. The van der Waals surface area contributed by atoms with Crippen molar-refractivity contribution in [3.8, 4) is 6.07 Å². The van der Waals surface area contributed by atoms with Gasteiger partial charge in [-0.3, -0.25) is 4.99 Å². The number of alkyl halides is 3. The molecule has 156 valence electrons. The molecule has 5 nitrogen and oxygen atoms in total. The zero-order chi connectivity index (χ0) is 20.7. The Morgan fingerprint density at radius 2 is 1.97 bits per heavy atom. The van der Waals surface area contributed by atoms with Gasteiger partial charge in [-0.1, -0.05) is 12.2 Å². The fraction of sp³-hybridized carbons (Fsp3) is 0.591. The number of nitriles is 1. The van der Waals surface area contributed by atoms with E-state index in [0.29, 0.717) is 24.0 Å². The molecule has 1 aliphatic heterocycles. The predicted octanol–water partition coefficient (Wildman–Crippen LogP) is 3.80. The largest absolute Gasteiger partial charge is 0.412 e. The normalized spacial score (nSPS) is 36.5. The minimum Gasteiger partial charge on any atom is -0.321 e. The minimum absolute atomic E-state index is 0.00849. The summed E-state index contributed by atoms with van der Waals surface area (Å²) < 4.78 is 40.8. The van der Waals surface area contributed by atoms with Crippen molar-refractivity contribution >= 4 is 5.57 Å². The maximum Gasteiger partial charge on any atom is 0.412 e. The van der Waals surface area contributed by atoms with Crippen molar-refractivity contribution in [2.24, 2.45) is 22.7 Å². The van der Waals surface area contributed by atoms with Gasteiger partial charge in [-0.15, -0.1) is 0 Å². The van der Waals surface area contributed by atoms with Gasteiger partial charge in [-0.25, -0.2) is 9.66 Å². The quantitative estimate of drug-likeness (QED) is 0.802. The van der Waals surface area contributed by atoms with E-state index in [0.717, 1.165) is 41.8 Å². The number of halogens is 3. The van der Waals surface area contributed by atoms with E-state index in [2.05, 4.69) is 16.5 Å². The third-order valence-corrected chi connectivity index (χ3v) is 7.89. The fourth-order valence-electron chi connectivity index (χ4n) is 6.50. The molecule has 3 atom stereocenters. The molecule has 5 aliphatic carbocycles. The van der Waals surface area contributed by atoms with E-state index in [9.17, 15) is 18.4 Å². The number of aromatic nitrogens is 2. The maximum atomic E-state index is 13.0. The van der Waals surface area contributed by atoms with Gasteiger partial charge in [0, 0.05) is 11.6 Å². The molecule has 0 amide bonds. The molecule has 8 heteroatoms. The highest BCUT2D eigenvalue weighted by Gasteiger charge is 2.63. The lowest BCUT2D eigenvalue weighted by atomic mass is 9.91. The van der Waals surface area contributed by atoms with Crippen molar-refractivity contribution in [3.63, 3.8) is 0 Å². The number of fused-ring (bicyclic) bond motifs is 1. The monoisotopic (exact) mass is 413 g/mol. The van der Waals surface area contributed by atoms with Crippen molar-refractivity contribution in [2.75, 3.05) is 12.0 Å². The average Bonchev–Trinajstić information content (AvgIpc) is 3.49. The van der Waals surface area contributed by atoms with Crippen LogP contribution in [0.5, 0.6) is 0 Å². The van der Waals surface area contributed by atoms with Crippen LogP contribution >= 0.6 is 0 Å². The zero-order valence-corrected chi connectivity index (χ0v) is 16.4.